The SMILES string of the molecule is [CH-]=C(N=[C-]C(C)C)C(C)(C)C.[Y]. The van der Waals surface area contributed by atoms with Gasteiger partial charge in [-0.15, -0.1) is 0 Å². The summed E-state index contributed by atoms with van der Waals surface area (Å²) in [5.74, 6) is 0.343. The van der Waals surface area contributed by atoms with E-state index in [0.29, 0.717) is 11.6 Å². The van der Waals surface area contributed by atoms with Gasteiger partial charge in [0.15, 0.2) is 0 Å². The van der Waals surface area contributed by atoms with Crippen LogP contribution in [-0.2, 0) is 32.7 Å². The predicted molar refractivity (Wildman–Crippen MR) is 49.5 cm³/mol. The third kappa shape index (κ3) is 7.18. The van der Waals surface area contributed by atoms with Gasteiger partial charge in [-0.1, -0.05) is 46.0 Å². The van der Waals surface area contributed by atoms with Crippen molar-refractivity contribution in [2.45, 2.75) is 34.6 Å². The number of rotatable bonds is 2. The van der Waals surface area contributed by atoms with E-state index in [1.807, 2.05) is 34.6 Å². The average molecular weight is 240 g/mol. The van der Waals surface area contributed by atoms with E-state index in [9.17, 15) is 0 Å². The summed E-state index contributed by atoms with van der Waals surface area (Å²) in [5, 5.41) is 0. The second kappa shape index (κ2) is 6.04. The molecule has 0 spiro atoms. The van der Waals surface area contributed by atoms with Gasteiger partial charge in [0.25, 0.3) is 0 Å². The van der Waals surface area contributed by atoms with Crippen LogP contribution in [0.3, 0.4) is 0 Å². The standard InChI is InChI=1S/C10H17N.Y/c1-8(2)7-11-9(3)10(4,5)6;/h3,8H,1-2,4-6H3;/q-2;. The van der Waals surface area contributed by atoms with Crippen molar-refractivity contribution in [3.05, 3.63) is 12.3 Å². The molecule has 12 heavy (non-hydrogen) atoms. The molecule has 0 heterocycles. The fourth-order valence-electron chi connectivity index (χ4n) is 0.366. The van der Waals surface area contributed by atoms with E-state index in [0.717, 1.165) is 0 Å². The van der Waals surface area contributed by atoms with Crippen LogP contribution in [0.15, 0.2) is 10.7 Å². The Labute approximate surface area is 102 Å². The minimum absolute atomic E-state index is 0. The van der Waals surface area contributed by atoms with Crippen LogP contribution < -0.4 is 0 Å². The maximum Gasteiger partial charge on any atom is 0 e. The van der Waals surface area contributed by atoms with E-state index in [1.54, 1.807) is 0 Å². The summed E-state index contributed by atoms with van der Waals surface area (Å²) in [7, 11) is 0. The Morgan fingerprint density at radius 2 is 1.75 bits per heavy atom. The van der Waals surface area contributed by atoms with Crippen LogP contribution in [-0.4, -0.2) is 6.21 Å². The Hall–Kier alpha value is 0.514. The largest absolute Gasteiger partial charge is 0.597 e. The second-order valence-electron chi connectivity index (χ2n) is 4.03. The first-order valence-electron chi connectivity index (χ1n) is 3.93. The van der Waals surface area contributed by atoms with Gasteiger partial charge in [-0.25, -0.2) is 0 Å². The maximum absolute atomic E-state index is 5.69. The quantitative estimate of drug-likeness (QED) is 0.519. The zero-order valence-corrected chi connectivity index (χ0v) is 11.5. The molecular weight excluding hydrogens is 223 g/mol. The number of hydrogen-bond acceptors (Lipinski definition) is 1. The van der Waals surface area contributed by atoms with Gasteiger partial charge in [-0.3, -0.25) is 5.70 Å². The smallest absolute Gasteiger partial charge is 0 e. The minimum atomic E-state index is -0.0398. The molecule has 0 aliphatic heterocycles. The van der Waals surface area contributed by atoms with E-state index in [1.165, 1.54) is 0 Å². The number of allylic oxidation sites excluding steroid dienone is 1. The molecule has 1 nitrogen and oxygen atoms in total. The van der Waals surface area contributed by atoms with E-state index in [4.69, 9.17) is 6.58 Å². The first-order valence-corrected chi connectivity index (χ1v) is 3.93. The first kappa shape index (κ1) is 15.0. The van der Waals surface area contributed by atoms with Gasteiger partial charge in [0.1, 0.15) is 0 Å². The Balaban J connectivity index is 0. The second-order valence-corrected chi connectivity index (χ2v) is 4.03. The van der Waals surface area contributed by atoms with Crippen molar-refractivity contribution in [2.75, 3.05) is 0 Å². The van der Waals surface area contributed by atoms with Crippen LogP contribution in [0, 0.1) is 17.9 Å². The van der Waals surface area contributed by atoms with Crippen molar-refractivity contribution in [2.24, 2.45) is 16.3 Å². The maximum atomic E-state index is 5.69. The van der Waals surface area contributed by atoms with Gasteiger partial charge in [-0.2, -0.15) is 6.21 Å². The van der Waals surface area contributed by atoms with Crippen molar-refractivity contribution < 1.29 is 32.7 Å². The molecule has 0 atom stereocenters. The van der Waals surface area contributed by atoms with Crippen molar-refractivity contribution in [1.82, 2.24) is 0 Å². The van der Waals surface area contributed by atoms with Gasteiger partial charge in [-0.05, 0) is 0 Å². The van der Waals surface area contributed by atoms with Crippen LogP contribution in [0.5, 0.6) is 0 Å². The zero-order valence-electron chi connectivity index (χ0n) is 8.68. The normalized spacial score (nSPS) is 11.8. The van der Waals surface area contributed by atoms with Gasteiger partial charge in [0.2, 0.25) is 0 Å². The molecule has 0 aliphatic rings. The van der Waals surface area contributed by atoms with Crippen molar-refractivity contribution >= 4 is 6.21 Å². The monoisotopic (exact) mass is 240 g/mol. The van der Waals surface area contributed by atoms with Crippen LogP contribution >= 0.6 is 0 Å². The van der Waals surface area contributed by atoms with E-state index in [2.05, 4.69) is 11.2 Å². The van der Waals surface area contributed by atoms with E-state index >= 15 is 0 Å². The van der Waals surface area contributed by atoms with Crippen LogP contribution in [0.1, 0.15) is 34.6 Å². The molecule has 0 aromatic heterocycles. The summed E-state index contributed by atoms with van der Waals surface area (Å²) in [6.45, 7) is 15.8. The van der Waals surface area contributed by atoms with Crippen molar-refractivity contribution in [1.29, 1.82) is 0 Å². The molecule has 0 amide bonds. The molecule has 2 heteroatoms. The molecule has 0 aliphatic carbocycles. The molecular formula is C10H17NY-2. The molecule has 0 N–H and O–H groups in total. The summed E-state index contributed by atoms with van der Waals surface area (Å²) in [6.07, 6.45) is 2.91. The summed E-state index contributed by atoms with van der Waals surface area (Å²) in [6, 6.07) is 0. The van der Waals surface area contributed by atoms with Gasteiger partial charge >= 0.3 is 0 Å². The first-order chi connectivity index (χ1) is 4.84. The molecule has 0 rings (SSSR count). The summed E-state index contributed by atoms with van der Waals surface area (Å²) in [5.41, 5.74) is 0.605. The van der Waals surface area contributed by atoms with Crippen LogP contribution in [0.25, 0.3) is 0 Å². The molecule has 0 fully saturated rings. The topological polar surface area (TPSA) is 12.4 Å². The number of hydrogen-bond donors (Lipinski definition) is 0. The van der Waals surface area contributed by atoms with Crippen molar-refractivity contribution in [3.8, 4) is 0 Å². The predicted octanol–water partition coefficient (Wildman–Crippen LogP) is 2.95. The van der Waals surface area contributed by atoms with E-state index < -0.39 is 0 Å². The number of nitrogens with zero attached hydrogens (tertiary/aromatic N) is 1. The van der Waals surface area contributed by atoms with Crippen LogP contribution in [0.2, 0.25) is 0 Å². The molecule has 0 bridgehead atoms. The van der Waals surface area contributed by atoms with Crippen molar-refractivity contribution in [3.63, 3.8) is 0 Å². The molecule has 67 valence electrons. The Kier molecular flexibility index (Phi) is 7.56. The average Bonchev–Trinajstić information content (AvgIpc) is 1.80. The molecule has 0 saturated heterocycles. The summed E-state index contributed by atoms with van der Waals surface area (Å²) >= 11 is 0. The fourth-order valence-corrected chi connectivity index (χ4v) is 0.366. The zero-order chi connectivity index (χ0) is 9.07. The third-order valence-electron chi connectivity index (χ3n) is 1.21. The van der Waals surface area contributed by atoms with Gasteiger partial charge in [0, 0.05) is 32.7 Å². The van der Waals surface area contributed by atoms with Crippen LogP contribution in [0.4, 0.5) is 0 Å². The summed E-state index contributed by atoms with van der Waals surface area (Å²) < 4.78 is 0. The minimum Gasteiger partial charge on any atom is -0.597 e. The fraction of sp³-hybridized carbons (Fsp3) is 0.700. The van der Waals surface area contributed by atoms with Gasteiger partial charge < -0.3 is 11.6 Å². The Morgan fingerprint density at radius 3 is 2.00 bits per heavy atom. The molecule has 0 unspecified atom stereocenters. The Bertz CT molecular complexity index is 163. The summed E-state index contributed by atoms with van der Waals surface area (Å²) in [4.78, 5) is 4.04. The molecule has 0 aromatic carbocycles. The Morgan fingerprint density at radius 1 is 1.33 bits per heavy atom. The van der Waals surface area contributed by atoms with Gasteiger partial charge in [0.05, 0.1) is 0 Å². The number of aliphatic imine (C=N–C) groups is 1. The third-order valence-corrected chi connectivity index (χ3v) is 1.21. The molecule has 0 aromatic rings. The molecule has 0 saturated carbocycles. The molecule has 1 radical (unpaired) electrons. The van der Waals surface area contributed by atoms with E-state index in [-0.39, 0.29) is 38.1 Å².